The molecular weight excluding hydrogens is 540 g/mol. The van der Waals surface area contributed by atoms with Crippen LogP contribution in [0.1, 0.15) is 29.9 Å². The second kappa shape index (κ2) is 10.9. The zero-order valence-corrected chi connectivity index (χ0v) is 23.1. The number of hydrogen-bond donors (Lipinski definition) is 0. The minimum absolute atomic E-state index is 0.0355. The summed E-state index contributed by atoms with van der Waals surface area (Å²) in [6.07, 6.45) is 0. The summed E-state index contributed by atoms with van der Waals surface area (Å²) in [7, 11) is -5.88. The number of halogens is 2. The Morgan fingerprint density at radius 1 is 0.944 bits per heavy atom. The zero-order chi connectivity index (χ0) is 26.0. The molecule has 0 amide bonds. The number of esters is 1. The van der Waals surface area contributed by atoms with Crippen molar-refractivity contribution >= 4 is 68.9 Å². The number of nitrogens with zero attached hydrogens (tertiary/aromatic N) is 1. The first kappa shape index (κ1) is 26.6. The smallest absolute Gasteiger partial charge is 0.356 e. The molecule has 0 fully saturated rings. The number of carbonyl (C=O) groups excluding carboxylic acids is 1. The van der Waals surface area contributed by atoms with E-state index in [9.17, 15) is 13.2 Å². The lowest BCUT2D eigenvalue weighted by Crippen LogP contribution is -2.26. The Hall–Kier alpha value is -2.41. The molecule has 188 valence electrons. The summed E-state index contributed by atoms with van der Waals surface area (Å²) < 4.78 is 40.6. The number of aromatic nitrogens is 1. The van der Waals surface area contributed by atoms with E-state index in [1.807, 2.05) is 26.0 Å². The van der Waals surface area contributed by atoms with Crippen LogP contribution in [0.4, 0.5) is 0 Å². The van der Waals surface area contributed by atoms with Crippen LogP contribution < -0.4 is 10.6 Å². The predicted molar refractivity (Wildman–Crippen MR) is 146 cm³/mol. The number of ether oxygens (including phenoxy) is 1. The van der Waals surface area contributed by atoms with E-state index < -0.39 is 24.1 Å². The summed E-state index contributed by atoms with van der Waals surface area (Å²) in [6, 6.07) is 18.3. The van der Waals surface area contributed by atoms with Crippen molar-refractivity contribution in [2.75, 3.05) is 13.2 Å². The lowest BCUT2D eigenvalue weighted by Gasteiger charge is -2.20. The number of aryl methyl sites for hydroxylation is 1. The maximum atomic E-state index is 14.0. The van der Waals surface area contributed by atoms with Gasteiger partial charge in [0.1, 0.15) is 0 Å². The van der Waals surface area contributed by atoms with Crippen molar-refractivity contribution in [1.29, 1.82) is 0 Å². The van der Waals surface area contributed by atoms with Gasteiger partial charge in [-0.1, -0.05) is 41.4 Å². The summed E-state index contributed by atoms with van der Waals surface area (Å²) >= 11 is 12.7. The quantitative estimate of drug-likeness (QED) is 0.192. The molecule has 0 N–H and O–H groups in total. The second-order valence-corrected chi connectivity index (χ2v) is 12.3. The molecule has 4 aromatic rings. The van der Waals surface area contributed by atoms with Gasteiger partial charge in [-0.05, 0) is 74.9 Å². The highest BCUT2D eigenvalue weighted by molar-refractivity contribution is 7.90. The predicted octanol–water partition coefficient (Wildman–Crippen LogP) is 6.05. The SMILES string of the molecule is CCOC(=O)c1c(P(OCC)c2cc(C)cc(Cl)c2)c2cc(Cl)ccc2n1S(=O)(=O)c1ccccc1. The van der Waals surface area contributed by atoms with Crippen molar-refractivity contribution in [3.05, 3.63) is 88.0 Å². The molecule has 0 radical (unpaired) electrons. The number of rotatable bonds is 8. The third-order valence-corrected chi connectivity index (χ3v) is 9.62. The molecule has 0 spiro atoms. The second-order valence-electron chi connectivity index (χ2n) is 7.86. The lowest BCUT2D eigenvalue weighted by atomic mass is 10.2. The van der Waals surface area contributed by atoms with Crippen molar-refractivity contribution in [3.63, 3.8) is 0 Å². The van der Waals surface area contributed by atoms with Gasteiger partial charge >= 0.3 is 5.97 Å². The Morgan fingerprint density at radius 3 is 2.31 bits per heavy atom. The fourth-order valence-electron chi connectivity index (χ4n) is 3.98. The number of hydrogen-bond acceptors (Lipinski definition) is 5. The Labute approximate surface area is 221 Å². The summed E-state index contributed by atoms with van der Waals surface area (Å²) in [5.74, 6) is -0.773. The first-order chi connectivity index (χ1) is 17.2. The van der Waals surface area contributed by atoms with Crippen molar-refractivity contribution < 1.29 is 22.5 Å². The van der Waals surface area contributed by atoms with Crippen molar-refractivity contribution in [1.82, 2.24) is 3.97 Å². The molecular formula is C26H24Cl2NO5PS. The zero-order valence-electron chi connectivity index (χ0n) is 19.9. The van der Waals surface area contributed by atoms with Crippen LogP contribution in [0.25, 0.3) is 10.9 Å². The molecule has 10 heteroatoms. The van der Waals surface area contributed by atoms with Gasteiger partial charge in [-0.25, -0.2) is 17.2 Å². The van der Waals surface area contributed by atoms with E-state index in [1.165, 1.54) is 12.1 Å². The Kier molecular flexibility index (Phi) is 8.08. The van der Waals surface area contributed by atoms with Crippen LogP contribution in [0.5, 0.6) is 0 Å². The van der Waals surface area contributed by atoms with Crippen LogP contribution in [-0.2, 0) is 19.3 Å². The molecule has 0 saturated heterocycles. The summed E-state index contributed by atoms with van der Waals surface area (Å²) in [6.45, 7) is 5.79. The summed E-state index contributed by atoms with van der Waals surface area (Å²) in [5.41, 5.74) is 1.09. The third kappa shape index (κ3) is 5.04. The van der Waals surface area contributed by atoms with E-state index in [0.29, 0.717) is 32.9 Å². The molecule has 0 aliphatic heterocycles. The number of fused-ring (bicyclic) bond motifs is 1. The third-order valence-electron chi connectivity index (χ3n) is 5.33. The number of benzene rings is 3. The van der Waals surface area contributed by atoms with Crippen molar-refractivity contribution in [2.24, 2.45) is 0 Å². The Balaban J connectivity index is 2.16. The van der Waals surface area contributed by atoms with Crippen molar-refractivity contribution in [2.45, 2.75) is 25.7 Å². The van der Waals surface area contributed by atoms with Gasteiger partial charge in [0.25, 0.3) is 10.0 Å². The van der Waals surface area contributed by atoms with Crippen LogP contribution in [0.3, 0.4) is 0 Å². The van der Waals surface area contributed by atoms with E-state index in [-0.39, 0.29) is 17.2 Å². The van der Waals surface area contributed by atoms with E-state index in [2.05, 4.69) is 0 Å². The molecule has 6 nitrogen and oxygen atoms in total. The maximum absolute atomic E-state index is 14.0. The van der Waals surface area contributed by atoms with E-state index in [1.54, 1.807) is 49.4 Å². The Bertz CT molecular complexity index is 1520. The summed E-state index contributed by atoms with van der Waals surface area (Å²) in [5, 5.41) is 2.53. The molecule has 36 heavy (non-hydrogen) atoms. The molecule has 1 heterocycles. The minimum Gasteiger partial charge on any atom is -0.461 e. The highest BCUT2D eigenvalue weighted by atomic mass is 35.5. The van der Waals surface area contributed by atoms with Gasteiger partial charge in [-0.3, -0.25) is 0 Å². The van der Waals surface area contributed by atoms with Gasteiger partial charge in [0, 0.05) is 32.6 Å². The molecule has 0 aliphatic rings. The van der Waals surface area contributed by atoms with Crippen LogP contribution in [0, 0.1) is 6.92 Å². The van der Waals surface area contributed by atoms with Gasteiger partial charge in [-0.15, -0.1) is 0 Å². The van der Waals surface area contributed by atoms with E-state index >= 15 is 0 Å². The van der Waals surface area contributed by atoms with Crippen LogP contribution in [0.2, 0.25) is 10.0 Å². The number of carbonyl (C=O) groups is 1. The largest absolute Gasteiger partial charge is 0.461 e. The molecule has 4 rings (SSSR count). The molecule has 1 atom stereocenters. The molecule has 1 aromatic heterocycles. The van der Waals surface area contributed by atoms with Crippen LogP contribution >= 0.6 is 31.4 Å². The standard InChI is InChI=1S/C26H24Cl2NO5PS/c1-4-33-26(30)24-25(35(34-5-2)20-14-17(3)13-19(28)15-20)22-16-18(27)11-12-23(22)29(24)36(31,32)21-9-7-6-8-10-21/h6-16H,4-5H2,1-3H3. The Morgan fingerprint density at radius 2 is 1.67 bits per heavy atom. The van der Waals surface area contributed by atoms with Gasteiger partial charge in [-0.2, -0.15) is 0 Å². The van der Waals surface area contributed by atoms with Gasteiger partial charge in [0.05, 0.1) is 25.2 Å². The topological polar surface area (TPSA) is 74.6 Å². The van der Waals surface area contributed by atoms with Crippen LogP contribution in [-0.4, -0.2) is 31.6 Å². The average Bonchev–Trinajstić information content (AvgIpc) is 3.17. The first-order valence-corrected chi connectivity index (χ1v) is 14.7. The van der Waals surface area contributed by atoms with E-state index in [0.717, 1.165) is 14.8 Å². The molecule has 3 aromatic carbocycles. The highest BCUT2D eigenvalue weighted by Crippen LogP contribution is 2.42. The first-order valence-electron chi connectivity index (χ1n) is 11.2. The van der Waals surface area contributed by atoms with Crippen molar-refractivity contribution in [3.8, 4) is 0 Å². The monoisotopic (exact) mass is 563 g/mol. The fraction of sp³-hybridized carbons (Fsp3) is 0.192. The maximum Gasteiger partial charge on any atom is 0.356 e. The van der Waals surface area contributed by atoms with Gasteiger partial charge < -0.3 is 9.26 Å². The molecule has 1 unspecified atom stereocenters. The van der Waals surface area contributed by atoms with Gasteiger partial charge in [0.15, 0.2) is 5.69 Å². The molecule has 0 saturated carbocycles. The normalized spacial score (nSPS) is 12.6. The fourth-order valence-corrected chi connectivity index (χ4v) is 8.28. The highest BCUT2D eigenvalue weighted by Gasteiger charge is 2.36. The molecule has 0 aliphatic carbocycles. The lowest BCUT2D eigenvalue weighted by molar-refractivity contribution is 0.0520. The van der Waals surface area contributed by atoms with Gasteiger partial charge in [0.2, 0.25) is 0 Å². The summed E-state index contributed by atoms with van der Waals surface area (Å²) in [4.78, 5) is 13.5. The minimum atomic E-state index is -4.20. The van der Waals surface area contributed by atoms with E-state index in [4.69, 9.17) is 32.5 Å². The average molecular weight is 564 g/mol. The molecule has 0 bridgehead atoms. The van der Waals surface area contributed by atoms with Crippen LogP contribution in [0.15, 0.2) is 71.6 Å².